The maximum absolute atomic E-state index is 6.97. The van der Waals surface area contributed by atoms with Gasteiger partial charge >= 0.3 is 0 Å². The second-order valence-corrected chi connectivity index (χ2v) is 23.5. The predicted octanol–water partition coefficient (Wildman–Crippen LogP) is 19.9. The first kappa shape index (κ1) is 51.8. The molecule has 380 valence electrons. The molecule has 0 N–H and O–H groups in total. The molecule has 4 heterocycles. The molecule has 0 atom stereocenters. The maximum atomic E-state index is 6.97. The summed E-state index contributed by atoms with van der Waals surface area (Å²) in [6, 6.07) is 34.0. The van der Waals surface area contributed by atoms with Crippen LogP contribution >= 0.6 is 47.0 Å². The van der Waals surface area contributed by atoms with E-state index in [1.165, 1.54) is 99.3 Å². The smallest absolute Gasteiger partial charge is 0.170 e. The van der Waals surface area contributed by atoms with E-state index >= 15 is 0 Å². The summed E-state index contributed by atoms with van der Waals surface area (Å²) in [5.74, 6) is 5.59. The number of hydrogen-bond acceptors (Lipinski definition) is 12. The lowest BCUT2D eigenvalue weighted by molar-refractivity contribution is 0.454. The van der Waals surface area contributed by atoms with Crippen LogP contribution < -0.4 is 18.9 Å². The second kappa shape index (κ2) is 25.2. The van der Waals surface area contributed by atoms with Crippen molar-refractivity contribution >= 4 is 69.1 Å². The van der Waals surface area contributed by atoms with E-state index in [0.717, 1.165) is 76.7 Å². The number of unbranched alkanes of at least 4 members (excludes halogenated alkanes) is 8. The second-order valence-electron chi connectivity index (χ2n) is 18.9. The van der Waals surface area contributed by atoms with E-state index in [2.05, 4.69) is 125 Å². The highest BCUT2D eigenvalue weighted by atomic mass is 32.2. The molecule has 0 spiro atoms. The molecule has 74 heavy (non-hydrogen) atoms. The lowest BCUT2D eigenvalue weighted by Gasteiger charge is -2.16. The Morgan fingerprint density at radius 3 is 0.716 bits per heavy atom. The van der Waals surface area contributed by atoms with Crippen LogP contribution in [0.2, 0.25) is 0 Å². The van der Waals surface area contributed by atoms with Gasteiger partial charge in [0.2, 0.25) is 0 Å². The van der Waals surface area contributed by atoms with Crippen molar-refractivity contribution in [3.63, 3.8) is 0 Å². The van der Waals surface area contributed by atoms with Crippen molar-refractivity contribution in [2.24, 2.45) is 0 Å². The summed E-state index contributed by atoms with van der Waals surface area (Å²) in [4.78, 5) is 23.5. The quantitative estimate of drug-likeness (QED) is 0.0540. The molecule has 2 aliphatic rings. The number of hydrogen-bond donors (Lipinski definition) is 0. The van der Waals surface area contributed by atoms with Gasteiger partial charge in [-0.25, -0.2) is 19.9 Å². The minimum Gasteiger partial charge on any atom is -0.454 e. The molecule has 0 unspecified atom stereocenters. The summed E-state index contributed by atoms with van der Waals surface area (Å²) < 4.78 is 30.0. The molecule has 10 rings (SSSR count). The Balaban J connectivity index is 1.06. The molecular formula is C62H64N4O4S4. The van der Waals surface area contributed by atoms with E-state index in [0.29, 0.717) is 45.1 Å². The zero-order valence-corrected chi connectivity index (χ0v) is 46.2. The van der Waals surface area contributed by atoms with Crippen LogP contribution in [-0.4, -0.2) is 19.9 Å². The molecule has 0 amide bonds. The Hall–Kier alpha value is -5.66. The van der Waals surface area contributed by atoms with Crippen LogP contribution in [0.1, 0.15) is 127 Å². The van der Waals surface area contributed by atoms with Gasteiger partial charge < -0.3 is 18.9 Å². The number of rotatable bonds is 24. The zero-order valence-electron chi connectivity index (χ0n) is 42.9. The fourth-order valence-electron chi connectivity index (χ4n) is 9.20. The number of aryl methyl sites for hydroxylation is 4. The van der Waals surface area contributed by atoms with Gasteiger partial charge in [0.25, 0.3) is 0 Å². The lowest BCUT2D eigenvalue weighted by Crippen LogP contribution is -1.97. The fourth-order valence-corrected chi connectivity index (χ4v) is 14.8. The minimum atomic E-state index is 0.640. The van der Waals surface area contributed by atoms with Gasteiger partial charge in [-0.15, -0.1) is 0 Å². The van der Waals surface area contributed by atoms with Crippen molar-refractivity contribution in [2.45, 2.75) is 150 Å². The summed E-state index contributed by atoms with van der Waals surface area (Å²) in [6.45, 7) is 8.96. The van der Waals surface area contributed by atoms with E-state index in [4.69, 9.17) is 38.9 Å². The van der Waals surface area contributed by atoms with Crippen LogP contribution in [0.15, 0.2) is 150 Å². The molecule has 8 nitrogen and oxygen atoms in total. The van der Waals surface area contributed by atoms with Crippen molar-refractivity contribution in [3.05, 3.63) is 153 Å². The average molecular weight is 1060 g/mol. The van der Waals surface area contributed by atoms with Gasteiger partial charge in [-0.3, -0.25) is 0 Å². The molecule has 0 radical (unpaired) electrons. The number of fused-ring (bicyclic) bond motifs is 4. The summed E-state index contributed by atoms with van der Waals surface area (Å²) >= 11 is 6.71. The van der Waals surface area contributed by atoms with E-state index in [1.807, 2.05) is 0 Å². The Kier molecular flexibility index (Phi) is 17.7. The van der Waals surface area contributed by atoms with E-state index in [-0.39, 0.29) is 0 Å². The molecule has 6 aromatic carbocycles. The van der Waals surface area contributed by atoms with Gasteiger partial charge in [0, 0.05) is 24.8 Å². The third-order valence-electron chi connectivity index (χ3n) is 13.3. The Bertz CT molecular complexity index is 2790. The highest BCUT2D eigenvalue weighted by Crippen LogP contribution is 2.69. The Labute approximate surface area is 453 Å². The third kappa shape index (κ3) is 12.2. The van der Waals surface area contributed by atoms with Gasteiger partial charge in [-0.05, 0) is 122 Å². The highest BCUT2D eigenvalue weighted by Gasteiger charge is 2.38. The molecular weight excluding hydrogens is 993 g/mol. The summed E-state index contributed by atoms with van der Waals surface area (Å²) in [5.41, 5.74) is 7.77. The number of benzene rings is 6. The average Bonchev–Trinajstić information content (AvgIpc) is 4.10. The summed E-state index contributed by atoms with van der Waals surface area (Å²) in [7, 11) is 0. The van der Waals surface area contributed by atoms with Crippen LogP contribution in [0.4, 0.5) is 0 Å². The third-order valence-corrected chi connectivity index (χ3v) is 19.0. The molecule has 0 bridgehead atoms. The lowest BCUT2D eigenvalue weighted by atomic mass is 10.1. The van der Waals surface area contributed by atoms with Crippen LogP contribution in [0.3, 0.4) is 0 Å². The van der Waals surface area contributed by atoms with Gasteiger partial charge in [0.1, 0.15) is 45.1 Å². The van der Waals surface area contributed by atoms with Gasteiger partial charge in [0.05, 0.1) is 28.1 Å². The molecule has 0 saturated heterocycles. The molecule has 2 aromatic heterocycles. The molecule has 2 aliphatic heterocycles. The number of ether oxygens (including phenoxy) is 4. The first-order chi connectivity index (χ1) is 36.5. The van der Waals surface area contributed by atoms with Crippen molar-refractivity contribution in [3.8, 4) is 46.0 Å². The monoisotopic (exact) mass is 1060 g/mol. The Morgan fingerprint density at radius 1 is 0.297 bits per heavy atom. The van der Waals surface area contributed by atoms with E-state index in [9.17, 15) is 0 Å². The normalized spacial score (nSPS) is 12.9. The number of aromatic nitrogens is 4. The van der Waals surface area contributed by atoms with E-state index < -0.39 is 0 Å². The van der Waals surface area contributed by atoms with Crippen LogP contribution in [0.25, 0.3) is 22.1 Å². The summed E-state index contributed by atoms with van der Waals surface area (Å²) in [5, 5.41) is 0. The van der Waals surface area contributed by atoms with Crippen LogP contribution in [0.5, 0.6) is 46.0 Å². The number of thioether (sulfide) groups is 4. The molecule has 0 aliphatic carbocycles. The van der Waals surface area contributed by atoms with Gasteiger partial charge in [-0.2, -0.15) is 0 Å². The SMILES string of the molecule is CCCCCc1ccc(Oc2c3c(c(Oc4ccc(CCCCC)cc4)c4nccnc24)SC(=C2Sc4c(c(Oc5ccc(CCCCC)cc5)c5nccnc5c4Oc4ccc(CCCCC)cc4)S2)S3)cc1. The van der Waals surface area contributed by atoms with Crippen molar-refractivity contribution < 1.29 is 18.9 Å². The molecule has 12 heteroatoms. The first-order valence-corrected chi connectivity index (χ1v) is 29.9. The van der Waals surface area contributed by atoms with Gasteiger partial charge in [0.15, 0.2) is 23.0 Å². The predicted molar refractivity (Wildman–Crippen MR) is 309 cm³/mol. The molecule has 8 aromatic rings. The standard InChI is InChI=1S/C62H64N4O4S4/c1-5-9-13-17-41-21-29-45(30-22-41)67-53-49-50(64-38-37-63-49)54(68-46-31-23-42(24-32-46)18-14-10-6-2)58-57(53)71-61(72-58)62-73-59-55(69-47-33-25-43(26-34-47)19-15-11-7-3)51-52(66-40-39-65-51)56(60(59)74-62)70-48-35-27-44(28-36-48)20-16-12-8-4/h21-40H,5-20H2,1-4H3. The zero-order chi connectivity index (χ0) is 50.6. The first-order valence-electron chi connectivity index (χ1n) is 26.6. The van der Waals surface area contributed by atoms with Crippen molar-refractivity contribution in [1.29, 1.82) is 0 Å². The topological polar surface area (TPSA) is 88.5 Å². The van der Waals surface area contributed by atoms with Gasteiger partial charge in [-0.1, -0.05) is 175 Å². The van der Waals surface area contributed by atoms with E-state index in [1.54, 1.807) is 71.8 Å². The van der Waals surface area contributed by atoms with Crippen molar-refractivity contribution in [1.82, 2.24) is 19.9 Å². The fraction of sp³-hybridized carbons (Fsp3) is 0.323. The van der Waals surface area contributed by atoms with Crippen molar-refractivity contribution in [2.75, 3.05) is 0 Å². The largest absolute Gasteiger partial charge is 0.454 e. The van der Waals surface area contributed by atoms with Crippen LogP contribution in [0, 0.1) is 0 Å². The maximum Gasteiger partial charge on any atom is 0.170 e. The number of nitrogens with zero attached hydrogens (tertiary/aromatic N) is 4. The highest BCUT2D eigenvalue weighted by molar-refractivity contribution is 8.30. The minimum absolute atomic E-state index is 0.640. The van der Waals surface area contributed by atoms with Crippen LogP contribution in [-0.2, 0) is 25.7 Å². The molecule has 0 fully saturated rings. The Morgan fingerprint density at radius 2 is 0.514 bits per heavy atom. The summed E-state index contributed by atoms with van der Waals surface area (Å²) in [6.07, 6.45) is 25.4. The molecule has 0 saturated carbocycles.